The van der Waals surface area contributed by atoms with Gasteiger partial charge in [0.25, 0.3) is 0 Å². The number of isothiocyanates is 1. The fraction of sp³-hybridized carbons (Fsp3) is 0.167. The van der Waals surface area contributed by atoms with Gasteiger partial charge in [-0.25, -0.2) is 8.78 Å². The van der Waals surface area contributed by atoms with Gasteiger partial charge in [-0.05, 0) is 55.3 Å². The Morgan fingerprint density at radius 2 is 2.00 bits per heavy atom. The lowest BCUT2D eigenvalue weighted by Crippen LogP contribution is -1.87. The van der Waals surface area contributed by atoms with Gasteiger partial charge in [0.1, 0.15) is 11.5 Å². The fourth-order valence-corrected chi connectivity index (χ4v) is 3.39. The van der Waals surface area contributed by atoms with Gasteiger partial charge in [-0.2, -0.15) is 4.99 Å². The molecule has 0 amide bonds. The number of halogens is 2. The first-order valence-electron chi connectivity index (χ1n) is 7.05. The third-order valence-corrected chi connectivity index (χ3v) is 4.65. The SMILES string of the molecule is Fc1cc(N=C=S)c(F)cc1C#Cc1ccc(C2=CCCC2)s1. The summed E-state index contributed by atoms with van der Waals surface area (Å²) < 4.78 is 27.6. The minimum atomic E-state index is -0.670. The third kappa shape index (κ3) is 3.62. The summed E-state index contributed by atoms with van der Waals surface area (Å²) in [5, 5.41) is 2.02. The maximum atomic E-state index is 13.9. The van der Waals surface area contributed by atoms with Crippen LogP contribution in [-0.2, 0) is 0 Å². The van der Waals surface area contributed by atoms with E-state index in [9.17, 15) is 8.78 Å². The molecule has 5 heteroatoms. The van der Waals surface area contributed by atoms with E-state index in [1.165, 1.54) is 16.9 Å². The van der Waals surface area contributed by atoms with Crippen molar-refractivity contribution in [3.63, 3.8) is 0 Å². The molecule has 23 heavy (non-hydrogen) atoms. The molecule has 0 saturated carbocycles. The quantitative estimate of drug-likeness (QED) is 0.385. The maximum absolute atomic E-state index is 13.9. The summed E-state index contributed by atoms with van der Waals surface area (Å²) in [6, 6.07) is 5.94. The highest BCUT2D eigenvalue weighted by Gasteiger charge is 2.10. The highest BCUT2D eigenvalue weighted by atomic mass is 32.1. The molecule has 0 radical (unpaired) electrons. The molecule has 0 atom stereocenters. The van der Waals surface area contributed by atoms with Gasteiger partial charge in [-0.1, -0.05) is 17.9 Å². The van der Waals surface area contributed by atoms with Crippen LogP contribution >= 0.6 is 23.6 Å². The van der Waals surface area contributed by atoms with Gasteiger partial charge in [0.2, 0.25) is 0 Å². The summed E-state index contributed by atoms with van der Waals surface area (Å²) in [6.45, 7) is 0. The van der Waals surface area contributed by atoms with Gasteiger partial charge < -0.3 is 0 Å². The number of aliphatic imine (C=N–C) groups is 1. The van der Waals surface area contributed by atoms with E-state index in [-0.39, 0.29) is 11.3 Å². The lowest BCUT2D eigenvalue weighted by Gasteiger charge is -1.98. The first kappa shape index (κ1) is 15.8. The Labute approximate surface area is 142 Å². The van der Waals surface area contributed by atoms with Crippen LogP contribution in [0.5, 0.6) is 0 Å². The van der Waals surface area contributed by atoms with Crippen LogP contribution < -0.4 is 0 Å². The number of hydrogen-bond acceptors (Lipinski definition) is 3. The van der Waals surface area contributed by atoms with Crippen LogP contribution in [0.3, 0.4) is 0 Å². The Morgan fingerprint density at radius 3 is 2.74 bits per heavy atom. The van der Waals surface area contributed by atoms with Crippen LogP contribution in [0.15, 0.2) is 35.3 Å². The van der Waals surface area contributed by atoms with Crippen molar-refractivity contribution in [1.29, 1.82) is 0 Å². The smallest absolute Gasteiger partial charge is 0.151 e. The Kier molecular flexibility index (Phi) is 4.78. The predicted octanol–water partition coefficient (Wildman–Crippen LogP) is 5.73. The molecule has 3 rings (SSSR count). The zero-order chi connectivity index (χ0) is 16.2. The Morgan fingerprint density at radius 1 is 1.13 bits per heavy atom. The molecular weight excluding hydrogens is 332 g/mol. The standard InChI is InChI=1S/C18H11F2NS2/c19-15-10-17(21-11-22)16(20)9-13(15)5-6-14-7-8-18(23-14)12-3-1-2-4-12/h3,7-10H,1-2,4H2. The second-order valence-corrected chi connectivity index (χ2v) is 6.29. The number of hydrogen-bond donors (Lipinski definition) is 0. The van der Waals surface area contributed by atoms with Gasteiger partial charge in [0, 0.05) is 10.9 Å². The van der Waals surface area contributed by atoms with Crippen LogP contribution in [0, 0.1) is 23.5 Å². The average Bonchev–Trinajstić information content (AvgIpc) is 3.20. The summed E-state index contributed by atoms with van der Waals surface area (Å²) >= 11 is 5.97. The third-order valence-electron chi connectivity index (χ3n) is 3.49. The molecule has 1 heterocycles. The summed E-state index contributed by atoms with van der Waals surface area (Å²) in [5.41, 5.74) is 1.18. The zero-order valence-electron chi connectivity index (χ0n) is 12.0. The van der Waals surface area contributed by atoms with E-state index in [2.05, 4.69) is 35.1 Å². The molecule has 1 nitrogen and oxygen atoms in total. The molecule has 2 aromatic rings. The van der Waals surface area contributed by atoms with Gasteiger partial charge in [0.15, 0.2) is 5.82 Å². The monoisotopic (exact) mass is 343 g/mol. The van der Waals surface area contributed by atoms with E-state index in [1.807, 2.05) is 17.3 Å². The molecule has 114 valence electrons. The van der Waals surface area contributed by atoms with Crippen LogP contribution in [0.2, 0.25) is 0 Å². The maximum Gasteiger partial charge on any atom is 0.151 e. The molecule has 0 N–H and O–H groups in total. The van der Waals surface area contributed by atoms with Gasteiger partial charge in [-0.3, -0.25) is 0 Å². The number of allylic oxidation sites excluding steroid dienone is 2. The minimum Gasteiger partial charge on any atom is -0.206 e. The van der Waals surface area contributed by atoms with Gasteiger partial charge in [-0.15, -0.1) is 11.3 Å². The van der Waals surface area contributed by atoms with Crippen LogP contribution in [-0.4, -0.2) is 5.16 Å². The molecule has 1 aliphatic rings. The molecule has 0 unspecified atom stereocenters. The van der Waals surface area contributed by atoms with Crippen molar-refractivity contribution < 1.29 is 8.78 Å². The molecular formula is C18H11F2NS2. The Hall–Kier alpha value is -2.12. The largest absolute Gasteiger partial charge is 0.206 e. The molecule has 0 bridgehead atoms. The van der Waals surface area contributed by atoms with E-state index in [0.29, 0.717) is 0 Å². The number of thiocarbonyl (C=S) groups is 1. The normalized spacial score (nSPS) is 13.0. The highest BCUT2D eigenvalue weighted by molar-refractivity contribution is 7.78. The molecule has 1 aliphatic carbocycles. The second-order valence-electron chi connectivity index (χ2n) is 5.02. The lowest BCUT2D eigenvalue weighted by molar-refractivity contribution is 0.599. The van der Waals surface area contributed by atoms with E-state index in [1.54, 1.807) is 11.3 Å². The van der Waals surface area contributed by atoms with Crippen LogP contribution in [0.4, 0.5) is 14.5 Å². The van der Waals surface area contributed by atoms with Crippen LogP contribution in [0.1, 0.15) is 34.6 Å². The summed E-state index contributed by atoms with van der Waals surface area (Å²) in [6.07, 6.45) is 5.65. The summed E-state index contributed by atoms with van der Waals surface area (Å²) in [4.78, 5) is 5.50. The van der Waals surface area contributed by atoms with Crippen molar-refractivity contribution in [1.82, 2.24) is 0 Å². The topological polar surface area (TPSA) is 12.4 Å². The van der Waals surface area contributed by atoms with E-state index in [4.69, 9.17) is 0 Å². The molecule has 0 saturated heterocycles. The van der Waals surface area contributed by atoms with Crippen molar-refractivity contribution in [3.8, 4) is 11.8 Å². The molecule has 0 fully saturated rings. The van der Waals surface area contributed by atoms with Crippen molar-refractivity contribution in [2.45, 2.75) is 19.3 Å². The predicted molar refractivity (Wildman–Crippen MR) is 93.2 cm³/mol. The molecule has 1 aromatic heterocycles. The highest BCUT2D eigenvalue weighted by Crippen LogP contribution is 2.32. The first-order chi connectivity index (χ1) is 11.2. The Balaban J connectivity index is 1.87. The average molecular weight is 343 g/mol. The van der Waals surface area contributed by atoms with Crippen molar-refractivity contribution in [2.75, 3.05) is 0 Å². The number of thiophene rings is 1. The number of benzene rings is 1. The zero-order valence-corrected chi connectivity index (χ0v) is 13.7. The summed E-state index contributed by atoms with van der Waals surface area (Å²) in [5.74, 6) is 4.28. The van der Waals surface area contributed by atoms with Gasteiger partial charge >= 0.3 is 0 Å². The van der Waals surface area contributed by atoms with Crippen molar-refractivity contribution in [2.24, 2.45) is 4.99 Å². The lowest BCUT2D eigenvalue weighted by atomic mass is 10.2. The Bertz CT molecular complexity index is 893. The summed E-state index contributed by atoms with van der Waals surface area (Å²) in [7, 11) is 0. The second kappa shape index (κ2) is 6.97. The van der Waals surface area contributed by atoms with E-state index >= 15 is 0 Å². The first-order valence-corrected chi connectivity index (χ1v) is 8.28. The van der Waals surface area contributed by atoms with E-state index < -0.39 is 11.6 Å². The van der Waals surface area contributed by atoms with Crippen molar-refractivity contribution in [3.05, 3.63) is 57.3 Å². The molecule has 0 aliphatic heterocycles. The number of rotatable bonds is 2. The molecule has 0 spiro atoms. The minimum absolute atomic E-state index is 0.000787. The van der Waals surface area contributed by atoms with Gasteiger partial charge in [0.05, 0.1) is 15.6 Å². The number of nitrogens with zero attached hydrogens (tertiary/aromatic N) is 1. The fourth-order valence-electron chi connectivity index (χ4n) is 2.37. The van der Waals surface area contributed by atoms with E-state index in [0.717, 1.165) is 29.9 Å². The van der Waals surface area contributed by atoms with Crippen molar-refractivity contribution >= 4 is 40.0 Å². The molecule has 1 aromatic carbocycles. The van der Waals surface area contributed by atoms with Crippen LogP contribution in [0.25, 0.3) is 5.57 Å².